The highest BCUT2D eigenvalue weighted by molar-refractivity contribution is 5.95. The minimum absolute atomic E-state index is 0. The molecule has 0 radical (unpaired) electrons. The van der Waals surface area contributed by atoms with Crippen LogP contribution in [0.25, 0.3) is 11.4 Å². The summed E-state index contributed by atoms with van der Waals surface area (Å²) < 4.78 is 0. The summed E-state index contributed by atoms with van der Waals surface area (Å²) in [6.45, 7) is 3.99. The lowest BCUT2D eigenvalue weighted by Crippen LogP contribution is -2.40. The van der Waals surface area contributed by atoms with Gasteiger partial charge in [-0.1, -0.05) is 20.3 Å². The highest BCUT2D eigenvalue weighted by Crippen LogP contribution is 2.17. The van der Waals surface area contributed by atoms with Crippen molar-refractivity contribution in [3.05, 3.63) is 30.6 Å². The van der Waals surface area contributed by atoms with Gasteiger partial charge in [-0.05, 0) is 30.2 Å². The van der Waals surface area contributed by atoms with Crippen molar-refractivity contribution in [2.75, 3.05) is 5.32 Å². The average Bonchev–Trinajstić information content (AvgIpc) is 3.00. The molecule has 2 aromatic rings. The summed E-state index contributed by atoms with van der Waals surface area (Å²) in [5.74, 6) is 0.689. The number of aromatic amines is 1. The summed E-state index contributed by atoms with van der Waals surface area (Å²) in [6.07, 6.45) is 2.33. The number of amides is 1. The van der Waals surface area contributed by atoms with E-state index in [-0.39, 0.29) is 24.2 Å². The van der Waals surface area contributed by atoms with E-state index < -0.39 is 6.04 Å². The van der Waals surface area contributed by atoms with Gasteiger partial charge in [0, 0.05) is 11.3 Å². The van der Waals surface area contributed by atoms with Gasteiger partial charge >= 0.3 is 0 Å². The molecule has 1 aromatic heterocycles. The summed E-state index contributed by atoms with van der Waals surface area (Å²) in [6, 6.07) is 6.88. The van der Waals surface area contributed by atoms with Gasteiger partial charge in [0.1, 0.15) is 6.33 Å². The van der Waals surface area contributed by atoms with Crippen LogP contribution in [0.15, 0.2) is 30.6 Å². The Morgan fingerprint density at radius 2 is 2.05 bits per heavy atom. The van der Waals surface area contributed by atoms with Crippen molar-refractivity contribution in [2.24, 2.45) is 11.7 Å². The van der Waals surface area contributed by atoms with Gasteiger partial charge in [-0.3, -0.25) is 9.89 Å². The van der Waals surface area contributed by atoms with Gasteiger partial charge in [-0.15, -0.1) is 12.4 Å². The quantitative estimate of drug-likeness (QED) is 0.789. The second-order valence-electron chi connectivity index (χ2n) is 4.81. The maximum atomic E-state index is 12.0. The fourth-order valence-corrected chi connectivity index (χ4v) is 1.79. The fraction of sp³-hybridized carbons (Fsp3) is 0.357. The Kier molecular flexibility index (Phi) is 6.33. The van der Waals surface area contributed by atoms with Crippen LogP contribution in [0.1, 0.15) is 20.3 Å². The smallest absolute Gasteiger partial charge is 0.241 e. The van der Waals surface area contributed by atoms with Crippen molar-refractivity contribution in [2.45, 2.75) is 26.3 Å². The Hall–Kier alpha value is -1.92. The molecule has 0 aliphatic rings. The third kappa shape index (κ3) is 4.27. The molecule has 7 heteroatoms. The van der Waals surface area contributed by atoms with Gasteiger partial charge in [-0.2, -0.15) is 5.10 Å². The van der Waals surface area contributed by atoms with Crippen LogP contribution in [-0.2, 0) is 4.79 Å². The molecule has 2 atom stereocenters. The first-order valence-electron chi connectivity index (χ1n) is 6.64. The predicted molar refractivity (Wildman–Crippen MR) is 85.1 cm³/mol. The average molecular weight is 310 g/mol. The highest BCUT2D eigenvalue weighted by Gasteiger charge is 2.19. The van der Waals surface area contributed by atoms with E-state index in [2.05, 4.69) is 20.5 Å². The summed E-state index contributed by atoms with van der Waals surface area (Å²) >= 11 is 0. The molecule has 0 saturated heterocycles. The number of hydrogen-bond donors (Lipinski definition) is 3. The van der Waals surface area contributed by atoms with Crippen LogP contribution in [-0.4, -0.2) is 27.1 Å². The molecule has 0 spiro atoms. The predicted octanol–water partition coefficient (Wildman–Crippen LogP) is 2.21. The van der Waals surface area contributed by atoms with E-state index >= 15 is 0 Å². The summed E-state index contributed by atoms with van der Waals surface area (Å²) in [7, 11) is 0. The summed E-state index contributed by atoms with van der Waals surface area (Å²) in [4.78, 5) is 16.0. The molecule has 1 heterocycles. The Labute approximate surface area is 129 Å². The molecule has 1 aromatic carbocycles. The first-order chi connectivity index (χ1) is 9.61. The molecule has 4 N–H and O–H groups in total. The van der Waals surface area contributed by atoms with Crippen LogP contribution in [0, 0.1) is 5.92 Å². The van der Waals surface area contributed by atoms with E-state index in [0.29, 0.717) is 5.82 Å². The Morgan fingerprint density at radius 3 is 2.57 bits per heavy atom. The minimum atomic E-state index is -0.492. The van der Waals surface area contributed by atoms with Crippen molar-refractivity contribution in [1.82, 2.24) is 15.2 Å². The van der Waals surface area contributed by atoms with E-state index in [0.717, 1.165) is 17.7 Å². The van der Waals surface area contributed by atoms with E-state index in [1.165, 1.54) is 6.33 Å². The third-order valence-corrected chi connectivity index (χ3v) is 3.40. The zero-order valence-electron chi connectivity index (χ0n) is 12.0. The second-order valence-corrected chi connectivity index (χ2v) is 4.81. The van der Waals surface area contributed by atoms with Crippen molar-refractivity contribution in [3.63, 3.8) is 0 Å². The van der Waals surface area contributed by atoms with Crippen LogP contribution in [0.5, 0.6) is 0 Å². The number of aromatic nitrogens is 3. The molecule has 0 aliphatic heterocycles. The van der Waals surface area contributed by atoms with Crippen molar-refractivity contribution >= 4 is 24.0 Å². The number of H-pyrrole nitrogens is 1. The van der Waals surface area contributed by atoms with Gasteiger partial charge < -0.3 is 11.1 Å². The first-order valence-corrected chi connectivity index (χ1v) is 6.64. The van der Waals surface area contributed by atoms with Crippen LogP contribution >= 0.6 is 12.4 Å². The van der Waals surface area contributed by atoms with Crippen LogP contribution in [0.3, 0.4) is 0 Å². The zero-order chi connectivity index (χ0) is 14.5. The van der Waals surface area contributed by atoms with Gasteiger partial charge in [0.25, 0.3) is 0 Å². The number of rotatable bonds is 5. The molecule has 1 amide bonds. The lowest BCUT2D eigenvalue weighted by atomic mass is 9.99. The lowest BCUT2D eigenvalue weighted by Gasteiger charge is -2.17. The Balaban J connectivity index is 0.00000220. The number of nitrogens with zero attached hydrogens (tertiary/aromatic N) is 2. The fourth-order valence-electron chi connectivity index (χ4n) is 1.79. The maximum Gasteiger partial charge on any atom is 0.241 e. The standard InChI is InChI=1S/C14H19N5O.ClH/c1-3-9(2)12(15)14(20)18-11-6-4-10(5-7-11)13-16-8-17-19-13;/h4-9,12H,3,15H2,1-2H3,(H,18,20)(H,16,17,19);1H. The largest absolute Gasteiger partial charge is 0.325 e. The number of benzene rings is 1. The SMILES string of the molecule is CCC(C)C(N)C(=O)Nc1ccc(-c2ncn[nH]2)cc1.Cl. The number of nitrogens with two attached hydrogens (primary N) is 1. The van der Waals surface area contributed by atoms with Gasteiger partial charge in [-0.25, -0.2) is 4.98 Å². The van der Waals surface area contributed by atoms with Gasteiger partial charge in [0.05, 0.1) is 6.04 Å². The Bertz CT molecular complexity index is 555. The number of carbonyl (C=O) groups is 1. The minimum Gasteiger partial charge on any atom is -0.325 e. The van der Waals surface area contributed by atoms with Crippen LogP contribution in [0.4, 0.5) is 5.69 Å². The monoisotopic (exact) mass is 309 g/mol. The van der Waals surface area contributed by atoms with Crippen molar-refractivity contribution < 1.29 is 4.79 Å². The molecule has 0 saturated carbocycles. The summed E-state index contributed by atoms with van der Waals surface area (Å²) in [5.41, 5.74) is 7.52. The van der Waals surface area contributed by atoms with E-state index in [1.807, 2.05) is 38.1 Å². The zero-order valence-corrected chi connectivity index (χ0v) is 12.9. The molecule has 0 fully saturated rings. The second kappa shape index (κ2) is 7.75. The molecule has 6 nitrogen and oxygen atoms in total. The molecule has 0 aliphatic carbocycles. The van der Waals surface area contributed by atoms with Crippen molar-refractivity contribution in [3.8, 4) is 11.4 Å². The normalized spacial score (nSPS) is 13.1. The van der Waals surface area contributed by atoms with Crippen LogP contribution < -0.4 is 11.1 Å². The topological polar surface area (TPSA) is 96.7 Å². The lowest BCUT2D eigenvalue weighted by molar-refractivity contribution is -0.118. The molecule has 21 heavy (non-hydrogen) atoms. The molecule has 114 valence electrons. The molecular formula is C14H20ClN5O. The molecule has 2 rings (SSSR count). The molecular weight excluding hydrogens is 290 g/mol. The number of nitrogens with one attached hydrogen (secondary N) is 2. The van der Waals surface area contributed by atoms with E-state index in [9.17, 15) is 4.79 Å². The van der Waals surface area contributed by atoms with E-state index in [4.69, 9.17) is 5.73 Å². The van der Waals surface area contributed by atoms with Crippen LogP contribution in [0.2, 0.25) is 0 Å². The number of anilines is 1. The van der Waals surface area contributed by atoms with E-state index in [1.54, 1.807) is 0 Å². The number of carbonyl (C=O) groups excluding carboxylic acids is 1. The maximum absolute atomic E-state index is 12.0. The van der Waals surface area contributed by atoms with Gasteiger partial charge in [0.15, 0.2) is 5.82 Å². The highest BCUT2D eigenvalue weighted by atomic mass is 35.5. The number of halogens is 1. The summed E-state index contributed by atoms with van der Waals surface area (Å²) in [5, 5.41) is 9.40. The van der Waals surface area contributed by atoms with Gasteiger partial charge in [0.2, 0.25) is 5.91 Å². The Morgan fingerprint density at radius 1 is 1.38 bits per heavy atom. The first kappa shape index (κ1) is 17.1. The molecule has 0 bridgehead atoms. The third-order valence-electron chi connectivity index (χ3n) is 3.40. The number of hydrogen-bond acceptors (Lipinski definition) is 4. The molecule has 2 unspecified atom stereocenters. The van der Waals surface area contributed by atoms with Crippen molar-refractivity contribution in [1.29, 1.82) is 0 Å².